The second kappa shape index (κ2) is 4.49. The van der Waals surface area contributed by atoms with Crippen molar-refractivity contribution in [3.8, 4) is 17.0 Å². The molecule has 2 aromatic rings. The molecule has 4 heteroatoms. The van der Waals surface area contributed by atoms with Gasteiger partial charge in [0.15, 0.2) is 0 Å². The summed E-state index contributed by atoms with van der Waals surface area (Å²) in [6.07, 6.45) is 0. The van der Waals surface area contributed by atoms with Gasteiger partial charge in [-0.25, -0.2) is 4.79 Å². The summed E-state index contributed by atoms with van der Waals surface area (Å²) in [7, 11) is 1.62. The van der Waals surface area contributed by atoms with Crippen molar-refractivity contribution in [3.05, 3.63) is 40.6 Å². The van der Waals surface area contributed by atoms with Crippen molar-refractivity contribution >= 4 is 0 Å². The minimum absolute atomic E-state index is 0.158. The molecule has 0 saturated carbocycles. The Morgan fingerprint density at radius 3 is 2.41 bits per heavy atom. The van der Waals surface area contributed by atoms with Crippen LogP contribution in [0.5, 0.6) is 5.75 Å². The molecular weight excluding hydrogens is 218 g/mol. The predicted molar refractivity (Wildman–Crippen MR) is 65.4 cm³/mol. The maximum absolute atomic E-state index is 11.3. The molecule has 1 aromatic heterocycles. The molecule has 90 valence electrons. The number of nitrogens with one attached hydrogen (secondary N) is 1. The van der Waals surface area contributed by atoms with Crippen molar-refractivity contribution < 1.29 is 9.15 Å². The second-order valence-electron chi connectivity index (χ2n) is 4.14. The van der Waals surface area contributed by atoms with Crippen molar-refractivity contribution in [2.45, 2.75) is 19.8 Å². The molecule has 1 N–H and O–H groups in total. The number of methoxy groups -OCH3 is 1. The maximum atomic E-state index is 11.3. The largest absolute Gasteiger partial charge is 0.497 e. The van der Waals surface area contributed by atoms with Gasteiger partial charge in [0.25, 0.3) is 0 Å². The van der Waals surface area contributed by atoms with Crippen molar-refractivity contribution in [2.24, 2.45) is 0 Å². The third-order valence-electron chi connectivity index (χ3n) is 2.58. The standard InChI is InChI=1S/C13H15NO3/c1-8(2)12-11(14-13(15)17-12)9-4-6-10(16-3)7-5-9/h4-8H,1-3H3,(H,14,15). The summed E-state index contributed by atoms with van der Waals surface area (Å²) >= 11 is 0. The summed E-state index contributed by atoms with van der Waals surface area (Å²) < 4.78 is 10.2. The third-order valence-corrected chi connectivity index (χ3v) is 2.58. The van der Waals surface area contributed by atoms with E-state index < -0.39 is 5.76 Å². The zero-order valence-corrected chi connectivity index (χ0v) is 10.1. The highest BCUT2D eigenvalue weighted by molar-refractivity contribution is 5.62. The molecule has 0 saturated heterocycles. The molecule has 1 heterocycles. The first-order chi connectivity index (χ1) is 8.11. The molecule has 0 atom stereocenters. The molecule has 17 heavy (non-hydrogen) atoms. The van der Waals surface area contributed by atoms with E-state index in [0.717, 1.165) is 17.0 Å². The zero-order chi connectivity index (χ0) is 12.4. The van der Waals surface area contributed by atoms with Gasteiger partial charge in [0.2, 0.25) is 0 Å². The van der Waals surface area contributed by atoms with Crippen molar-refractivity contribution in [3.63, 3.8) is 0 Å². The third kappa shape index (κ3) is 2.25. The van der Waals surface area contributed by atoms with E-state index in [4.69, 9.17) is 9.15 Å². The molecule has 0 fully saturated rings. The van der Waals surface area contributed by atoms with Crippen LogP contribution in [0.15, 0.2) is 33.5 Å². The van der Waals surface area contributed by atoms with E-state index in [9.17, 15) is 4.79 Å². The summed E-state index contributed by atoms with van der Waals surface area (Å²) in [5, 5.41) is 0. The van der Waals surface area contributed by atoms with Gasteiger partial charge < -0.3 is 9.15 Å². The van der Waals surface area contributed by atoms with Crippen LogP contribution in [0.2, 0.25) is 0 Å². The van der Waals surface area contributed by atoms with Gasteiger partial charge >= 0.3 is 5.76 Å². The summed E-state index contributed by atoms with van der Waals surface area (Å²) in [4.78, 5) is 14.0. The first kappa shape index (κ1) is 11.5. The molecule has 0 aliphatic rings. The topological polar surface area (TPSA) is 55.2 Å². The van der Waals surface area contributed by atoms with Crippen LogP contribution in [0.4, 0.5) is 0 Å². The van der Waals surface area contributed by atoms with Crippen LogP contribution in [0.3, 0.4) is 0 Å². The summed E-state index contributed by atoms with van der Waals surface area (Å²) in [6.45, 7) is 3.97. The number of oxazole rings is 1. The highest BCUT2D eigenvalue weighted by Crippen LogP contribution is 2.27. The molecular formula is C13H15NO3. The Morgan fingerprint density at radius 1 is 1.24 bits per heavy atom. The Balaban J connectivity index is 2.48. The summed E-state index contributed by atoms with van der Waals surface area (Å²) in [5.41, 5.74) is 1.66. The lowest BCUT2D eigenvalue weighted by atomic mass is 10.0. The average molecular weight is 233 g/mol. The monoisotopic (exact) mass is 233 g/mol. The smallest absolute Gasteiger partial charge is 0.416 e. The fraction of sp³-hybridized carbons (Fsp3) is 0.308. The Hall–Kier alpha value is -1.97. The fourth-order valence-corrected chi connectivity index (χ4v) is 1.72. The minimum atomic E-state index is -0.417. The number of ether oxygens (including phenoxy) is 1. The van der Waals surface area contributed by atoms with Gasteiger partial charge in [-0.05, 0) is 24.3 Å². The van der Waals surface area contributed by atoms with Crippen LogP contribution < -0.4 is 10.5 Å². The van der Waals surface area contributed by atoms with Gasteiger partial charge in [-0.1, -0.05) is 13.8 Å². The van der Waals surface area contributed by atoms with Crippen LogP contribution in [-0.2, 0) is 0 Å². The lowest BCUT2D eigenvalue weighted by Crippen LogP contribution is -1.94. The van der Waals surface area contributed by atoms with Gasteiger partial charge in [-0.3, -0.25) is 4.98 Å². The Bertz CT molecular complexity index is 549. The molecule has 0 aliphatic carbocycles. The minimum Gasteiger partial charge on any atom is -0.497 e. The molecule has 4 nitrogen and oxygen atoms in total. The van der Waals surface area contributed by atoms with Crippen molar-refractivity contribution in [2.75, 3.05) is 7.11 Å². The van der Waals surface area contributed by atoms with E-state index >= 15 is 0 Å². The maximum Gasteiger partial charge on any atom is 0.416 e. The number of rotatable bonds is 3. The van der Waals surface area contributed by atoms with Gasteiger partial charge in [-0.15, -0.1) is 0 Å². The van der Waals surface area contributed by atoms with E-state index in [1.54, 1.807) is 7.11 Å². The molecule has 2 rings (SSSR count). The van der Waals surface area contributed by atoms with E-state index in [-0.39, 0.29) is 5.92 Å². The Labute approximate surface area is 99.2 Å². The zero-order valence-electron chi connectivity index (χ0n) is 10.1. The van der Waals surface area contributed by atoms with Gasteiger partial charge in [0.1, 0.15) is 11.5 Å². The van der Waals surface area contributed by atoms with Crippen LogP contribution in [-0.4, -0.2) is 12.1 Å². The van der Waals surface area contributed by atoms with Gasteiger partial charge in [-0.2, -0.15) is 0 Å². The lowest BCUT2D eigenvalue weighted by molar-refractivity contribution is 0.415. The average Bonchev–Trinajstić information content (AvgIpc) is 2.72. The SMILES string of the molecule is COc1ccc(-c2[nH]c(=O)oc2C(C)C)cc1. The summed E-state index contributed by atoms with van der Waals surface area (Å²) in [6, 6.07) is 7.49. The van der Waals surface area contributed by atoms with Crippen LogP contribution in [0.25, 0.3) is 11.3 Å². The lowest BCUT2D eigenvalue weighted by Gasteiger charge is -2.05. The molecule has 0 unspecified atom stereocenters. The molecule has 0 amide bonds. The normalized spacial score (nSPS) is 10.8. The molecule has 0 radical (unpaired) electrons. The number of aromatic nitrogens is 1. The molecule has 1 aromatic carbocycles. The quantitative estimate of drug-likeness (QED) is 0.886. The van der Waals surface area contributed by atoms with E-state index in [1.807, 2.05) is 38.1 Å². The van der Waals surface area contributed by atoms with Crippen molar-refractivity contribution in [1.29, 1.82) is 0 Å². The predicted octanol–water partition coefficient (Wildman–Crippen LogP) is 2.77. The Kier molecular flexibility index (Phi) is 3.04. The van der Waals surface area contributed by atoms with Crippen LogP contribution >= 0.6 is 0 Å². The van der Waals surface area contributed by atoms with Gasteiger partial charge in [0.05, 0.1) is 12.8 Å². The Morgan fingerprint density at radius 2 is 1.88 bits per heavy atom. The van der Waals surface area contributed by atoms with Crippen LogP contribution in [0, 0.1) is 0 Å². The number of aromatic amines is 1. The van der Waals surface area contributed by atoms with Gasteiger partial charge in [0, 0.05) is 11.5 Å². The number of H-pyrrole nitrogens is 1. The second-order valence-corrected chi connectivity index (χ2v) is 4.14. The molecule has 0 bridgehead atoms. The molecule has 0 spiro atoms. The van der Waals surface area contributed by atoms with Crippen molar-refractivity contribution in [1.82, 2.24) is 4.98 Å². The molecule has 0 aliphatic heterocycles. The number of benzene rings is 1. The fourth-order valence-electron chi connectivity index (χ4n) is 1.72. The number of hydrogen-bond donors (Lipinski definition) is 1. The highest BCUT2D eigenvalue weighted by Gasteiger charge is 2.14. The van der Waals surface area contributed by atoms with E-state index in [2.05, 4.69) is 4.98 Å². The highest BCUT2D eigenvalue weighted by atomic mass is 16.5. The first-order valence-electron chi connectivity index (χ1n) is 5.49. The first-order valence-corrected chi connectivity index (χ1v) is 5.49. The van der Waals surface area contributed by atoms with Crippen LogP contribution in [0.1, 0.15) is 25.5 Å². The summed E-state index contributed by atoms with van der Waals surface area (Å²) in [5.74, 6) is 1.21. The van der Waals surface area contributed by atoms with E-state index in [1.165, 1.54) is 0 Å². The van der Waals surface area contributed by atoms with E-state index in [0.29, 0.717) is 5.76 Å². The number of hydrogen-bond acceptors (Lipinski definition) is 3.